The van der Waals surface area contributed by atoms with Gasteiger partial charge in [0.2, 0.25) is 5.88 Å². The number of phenolic OH excluding ortho intramolecular Hbond substituents is 1. The van der Waals surface area contributed by atoms with Gasteiger partial charge in [0.1, 0.15) is 12.1 Å². The molecular formula is C19H19N5O2. The molecule has 4 rings (SSSR count). The topological polar surface area (TPSA) is 84.3 Å². The number of phenols is 1. The molecule has 0 amide bonds. The first-order chi connectivity index (χ1) is 12.7. The number of methoxy groups -OCH3 is 1. The predicted molar refractivity (Wildman–Crippen MR) is 98.2 cm³/mol. The van der Waals surface area contributed by atoms with Gasteiger partial charge in [-0.05, 0) is 37.1 Å². The lowest BCUT2D eigenvalue weighted by molar-refractivity contribution is 0.397. The van der Waals surface area contributed by atoms with Crippen molar-refractivity contribution in [3.63, 3.8) is 0 Å². The molecule has 3 heterocycles. The van der Waals surface area contributed by atoms with Gasteiger partial charge in [0.15, 0.2) is 5.82 Å². The molecule has 132 valence electrons. The minimum atomic E-state index is 0.128. The first-order valence-electron chi connectivity index (χ1n) is 8.53. The van der Waals surface area contributed by atoms with Gasteiger partial charge >= 0.3 is 0 Å². The minimum absolute atomic E-state index is 0.128. The summed E-state index contributed by atoms with van der Waals surface area (Å²) in [6.45, 7) is 2.05. The molecule has 0 unspecified atom stereocenters. The molecule has 1 aliphatic heterocycles. The van der Waals surface area contributed by atoms with Crippen molar-refractivity contribution in [3.8, 4) is 34.1 Å². The fourth-order valence-electron chi connectivity index (χ4n) is 3.10. The molecule has 1 aliphatic rings. The molecule has 2 aromatic heterocycles. The van der Waals surface area contributed by atoms with E-state index in [2.05, 4.69) is 25.1 Å². The summed E-state index contributed by atoms with van der Waals surface area (Å²) in [5.41, 5.74) is 2.72. The number of aromatic hydroxyl groups is 1. The second-order valence-corrected chi connectivity index (χ2v) is 6.15. The van der Waals surface area contributed by atoms with Gasteiger partial charge in [0.25, 0.3) is 0 Å². The Morgan fingerprint density at radius 1 is 0.962 bits per heavy atom. The molecule has 7 heteroatoms. The molecule has 0 bridgehead atoms. The van der Waals surface area contributed by atoms with Crippen LogP contribution in [0.5, 0.6) is 11.6 Å². The highest BCUT2D eigenvalue weighted by molar-refractivity contribution is 5.73. The number of ether oxygens (including phenoxy) is 1. The Balaban J connectivity index is 1.61. The van der Waals surface area contributed by atoms with Crippen LogP contribution in [0.3, 0.4) is 0 Å². The van der Waals surface area contributed by atoms with Crippen molar-refractivity contribution >= 4 is 5.82 Å². The van der Waals surface area contributed by atoms with Crippen molar-refractivity contribution in [2.45, 2.75) is 12.8 Å². The van der Waals surface area contributed by atoms with Gasteiger partial charge in [0.05, 0.1) is 18.5 Å². The highest BCUT2D eigenvalue weighted by atomic mass is 16.5. The maximum atomic E-state index is 10.5. The van der Waals surface area contributed by atoms with Crippen LogP contribution in [-0.4, -0.2) is 45.5 Å². The minimum Gasteiger partial charge on any atom is -0.507 e. The SMILES string of the molecule is COc1cc(-c2ccc(-c3ccc(N4CCCC4)nn3)c(O)c2)ncn1. The Kier molecular flexibility index (Phi) is 4.35. The summed E-state index contributed by atoms with van der Waals surface area (Å²) in [4.78, 5) is 10.4. The average molecular weight is 349 g/mol. The molecule has 1 aromatic carbocycles. The summed E-state index contributed by atoms with van der Waals surface area (Å²) in [5, 5.41) is 19.1. The first kappa shape index (κ1) is 16.3. The van der Waals surface area contributed by atoms with Gasteiger partial charge in [-0.1, -0.05) is 6.07 Å². The van der Waals surface area contributed by atoms with E-state index in [1.165, 1.54) is 19.2 Å². The highest BCUT2D eigenvalue weighted by Gasteiger charge is 2.15. The van der Waals surface area contributed by atoms with Gasteiger partial charge in [-0.2, -0.15) is 0 Å². The van der Waals surface area contributed by atoms with Gasteiger partial charge < -0.3 is 14.7 Å². The number of benzene rings is 1. The summed E-state index contributed by atoms with van der Waals surface area (Å²) in [6, 6.07) is 10.9. The van der Waals surface area contributed by atoms with Crippen LogP contribution in [0, 0.1) is 0 Å². The van der Waals surface area contributed by atoms with Crippen molar-refractivity contribution in [1.29, 1.82) is 0 Å². The van der Waals surface area contributed by atoms with E-state index in [4.69, 9.17) is 4.74 Å². The molecule has 0 spiro atoms. The Bertz CT molecular complexity index is 908. The summed E-state index contributed by atoms with van der Waals surface area (Å²) < 4.78 is 5.12. The largest absolute Gasteiger partial charge is 0.507 e. The van der Waals surface area contributed by atoms with Crippen LogP contribution in [-0.2, 0) is 0 Å². The Morgan fingerprint density at radius 2 is 1.81 bits per heavy atom. The van der Waals surface area contributed by atoms with Gasteiger partial charge in [0, 0.05) is 30.3 Å². The van der Waals surface area contributed by atoms with Crippen molar-refractivity contribution in [3.05, 3.63) is 42.7 Å². The van der Waals surface area contributed by atoms with E-state index in [0.29, 0.717) is 22.8 Å². The van der Waals surface area contributed by atoms with Crippen LogP contribution in [0.4, 0.5) is 5.82 Å². The van der Waals surface area contributed by atoms with Gasteiger partial charge in [-0.3, -0.25) is 0 Å². The summed E-state index contributed by atoms with van der Waals surface area (Å²) >= 11 is 0. The lowest BCUT2D eigenvalue weighted by atomic mass is 10.1. The molecule has 1 N–H and O–H groups in total. The van der Waals surface area contributed by atoms with E-state index in [0.717, 1.165) is 24.5 Å². The molecule has 0 radical (unpaired) electrons. The smallest absolute Gasteiger partial charge is 0.216 e. The zero-order valence-electron chi connectivity index (χ0n) is 14.5. The number of anilines is 1. The number of nitrogens with zero attached hydrogens (tertiary/aromatic N) is 5. The van der Waals surface area contributed by atoms with Crippen LogP contribution in [0.1, 0.15) is 12.8 Å². The standard InChI is InChI=1S/C19H19N5O2/c1-26-19-11-16(20-12-21-19)13-4-5-14(17(25)10-13)15-6-7-18(23-22-15)24-8-2-3-9-24/h4-7,10-12,25H,2-3,8-9H2,1H3. The fourth-order valence-corrected chi connectivity index (χ4v) is 3.10. The van der Waals surface area contributed by atoms with Crippen molar-refractivity contribution < 1.29 is 9.84 Å². The van der Waals surface area contributed by atoms with Crippen LogP contribution < -0.4 is 9.64 Å². The molecule has 3 aromatic rings. The van der Waals surface area contributed by atoms with Crippen molar-refractivity contribution in [2.75, 3.05) is 25.1 Å². The third-order valence-corrected chi connectivity index (χ3v) is 4.50. The second-order valence-electron chi connectivity index (χ2n) is 6.15. The highest BCUT2D eigenvalue weighted by Crippen LogP contribution is 2.32. The van der Waals surface area contributed by atoms with Crippen molar-refractivity contribution in [1.82, 2.24) is 20.2 Å². The van der Waals surface area contributed by atoms with E-state index in [1.54, 1.807) is 19.2 Å². The normalized spacial score (nSPS) is 13.8. The molecule has 0 aliphatic carbocycles. The Labute approximate surface area is 151 Å². The Morgan fingerprint density at radius 3 is 2.50 bits per heavy atom. The number of hydrogen-bond acceptors (Lipinski definition) is 7. The maximum absolute atomic E-state index is 10.5. The molecule has 26 heavy (non-hydrogen) atoms. The fraction of sp³-hybridized carbons (Fsp3) is 0.263. The quantitative estimate of drug-likeness (QED) is 0.775. The summed E-state index contributed by atoms with van der Waals surface area (Å²) in [7, 11) is 1.55. The van der Waals surface area contributed by atoms with E-state index >= 15 is 0 Å². The molecule has 0 saturated carbocycles. The molecule has 1 saturated heterocycles. The molecule has 7 nitrogen and oxygen atoms in total. The second kappa shape index (κ2) is 6.95. The van der Waals surface area contributed by atoms with E-state index in [-0.39, 0.29) is 5.75 Å². The van der Waals surface area contributed by atoms with E-state index < -0.39 is 0 Å². The number of aromatic nitrogens is 4. The van der Waals surface area contributed by atoms with Crippen LogP contribution in [0.2, 0.25) is 0 Å². The Hall–Kier alpha value is -3.22. The maximum Gasteiger partial charge on any atom is 0.216 e. The summed E-state index contributed by atoms with van der Waals surface area (Å²) in [6.07, 6.45) is 3.82. The monoisotopic (exact) mass is 349 g/mol. The molecular weight excluding hydrogens is 330 g/mol. The number of hydrogen-bond donors (Lipinski definition) is 1. The third-order valence-electron chi connectivity index (χ3n) is 4.50. The van der Waals surface area contributed by atoms with Crippen LogP contribution in [0.15, 0.2) is 42.7 Å². The number of rotatable bonds is 4. The van der Waals surface area contributed by atoms with Gasteiger partial charge in [-0.25, -0.2) is 9.97 Å². The first-order valence-corrected chi connectivity index (χ1v) is 8.53. The van der Waals surface area contributed by atoms with E-state index in [1.807, 2.05) is 24.3 Å². The average Bonchev–Trinajstić information content (AvgIpc) is 3.23. The summed E-state index contributed by atoms with van der Waals surface area (Å²) in [5.74, 6) is 1.49. The van der Waals surface area contributed by atoms with Crippen molar-refractivity contribution in [2.24, 2.45) is 0 Å². The zero-order valence-corrected chi connectivity index (χ0v) is 14.5. The molecule has 1 fully saturated rings. The van der Waals surface area contributed by atoms with Gasteiger partial charge in [-0.15, -0.1) is 10.2 Å². The van der Waals surface area contributed by atoms with Crippen LogP contribution >= 0.6 is 0 Å². The van der Waals surface area contributed by atoms with Crippen LogP contribution in [0.25, 0.3) is 22.5 Å². The lowest BCUT2D eigenvalue weighted by Crippen LogP contribution is -2.19. The molecule has 0 atom stereocenters. The lowest BCUT2D eigenvalue weighted by Gasteiger charge is -2.15. The predicted octanol–water partition coefficient (Wildman–Crippen LogP) is 2.92. The van der Waals surface area contributed by atoms with E-state index in [9.17, 15) is 5.11 Å². The third kappa shape index (κ3) is 3.15. The zero-order chi connectivity index (χ0) is 17.9.